The van der Waals surface area contributed by atoms with E-state index >= 15 is 0 Å². The number of rotatable bonds is 3. The summed E-state index contributed by atoms with van der Waals surface area (Å²) >= 11 is 0. The van der Waals surface area contributed by atoms with Crippen molar-refractivity contribution in [1.29, 1.82) is 0 Å². The minimum atomic E-state index is 0.380. The Labute approximate surface area is 99.1 Å². The van der Waals surface area contributed by atoms with Gasteiger partial charge >= 0.3 is 0 Å². The lowest BCUT2D eigenvalue weighted by atomic mass is 10.1. The van der Waals surface area contributed by atoms with E-state index in [0.717, 1.165) is 16.9 Å². The number of ether oxygens (including phenoxy) is 2. The molecule has 0 unspecified atom stereocenters. The van der Waals surface area contributed by atoms with Crippen molar-refractivity contribution < 1.29 is 14.0 Å². The highest BCUT2D eigenvalue weighted by atomic mass is 16.5. The Bertz CT molecular complexity index is 535. The SMILES string of the molecule is COc1ccc(OC)c(-c2onc(N)c2C)c1. The van der Waals surface area contributed by atoms with Gasteiger partial charge in [-0.25, -0.2) is 0 Å². The summed E-state index contributed by atoms with van der Waals surface area (Å²) in [6.45, 7) is 1.85. The summed E-state index contributed by atoms with van der Waals surface area (Å²) in [6, 6.07) is 5.45. The lowest BCUT2D eigenvalue weighted by Crippen LogP contribution is -1.91. The maximum absolute atomic E-state index is 5.66. The van der Waals surface area contributed by atoms with Gasteiger partial charge in [0.2, 0.25) is 0 Å². The van der Waals surface area contributed by atoms with Crippen LogP contribution in [0.25, 0.3) is 11.3 Å². The van der Waals surface area contributed by atoms with E-state index in [1.807, 2.05) is 25.1 Å². The van der Waals surface area contributed by atoms with Crippen LogP contribution in [0, 0.1) is 6.92 Å². The largest absolute Gasteiger partial charge is 0.497 e. The number of nitrogen functional groups attached to an aromatic ring is 1. The zero-order chi connectivity index (χ0) is 12.4. The minimum Gasteiger partial charge on any atom is -0.497 e. The summed E-state index contributed by atoms with van der Waals surface area (Å²) in [6.07, 6.45) is 0. The predicted octanol–water partition coefficient (Wildman–Crippen LogP) is 2.25. The molecule has 0 aliphatic carbocycles. The fourth-order valence-electron chi connectivity index (χ4n) is 1.59. The molecule has 0 spiro atoms. The van der Waals surface area contributed by atoms with Crippen molar-refractivity contribution in [1.82, 2.24) is 5.16 Å². The summed E-state index contributed by atoms with van der Waals surface area (Å²) in [5.41, 5.74) is 7.22. The van der Waals surface area contributed by atoms with Crippen LogP contribution >= 0.6 is 0 Å². The van der Waals surface area contributed by atoms with Crippen LogP contribution in [0.3, 0.4) is 0 Å². The predicted molar refractivity (Wildman–Crippen MR) is 64.2 cm³/mol. The molecule has 0 atom stereocenters. The third kappa shape index (κ3) is 1.91. The second-order valence-electron chi connectivity index (χ2n) is 3.59. The Morgan fingerprint density at radius 1 is 1.24 bits per heavy atom. The summed E-state index contributed by atoms with van der Waals surface area (Å²) in [5, 5.41) is 3.73. The molecule has 2 aromatic rings. The van der Waals surface area contributed by atoms with E-state index in [4.69, 9.17) is 19.7 Å². The van der Waals surface area contributed by atoms with E-state index in [1.54, 1.807) is 14.2 Å². The highest BCUT2D eigenvalue weighted by Gasteiger charge is 2.16. The first-order valence-electron chi connectivity index (χ1n) is 5.11. The van der Waals surface area contributed by atoms with Gasteiger partial charge in [-0.2, -0.15) is 0 Å². The molecular weight excluding hydrogens is 220 g/mol. The zero-order valence-corrected chi connectivity index (χ0v) is 9.98. The molecule has 0 amide bonds. The monoisotopic (exact) mass is 234 g/mol. The molecule has 0 fully saturated rings. The smallest absolute Gasteiger partial charge is 0.175 e. The summed E-state index contributed by atoms with van der Waals surface area (Å²) in [4.78, 5) is 0. The van der Waals surface area contributed by atoms with E-state index in [2.05, 4.69) is 5.16 Å². The molecule has 90 valence electrons. The minimum absolute atomic E-state index is 0.380. The maximum Gasteiger partial charge on any atom is 0.175 e. The highest BCUT2D eigenvalue weighted by Crippen LogP contribution is 2.36. The van der Waals surface area contributed by atoms with Crippen molar-refractivity contribution in [2.45, 2.75) is 6.92 Å². The van der Waals surface area contributed by atoms with Crippen molar-refractivity contribution >= 4 is 5.82 Å². The van der Waals surface area contributed by atoms with Crippen LogP contribution in [0.5, 0.6) is 11.5 Å². The topological polar surface area (TPSA) is 70.5 Å². The lowest BCUT2D eigenvalue weighted by molar-refractivity contribution is 0.398. The maximum atomic E-state index is 5.66. The van der Waals surface area contributed by atoms with Crippen LogP contribution in [-0.4, -0.2) is 19.4 Å². The van der Waals surface area contributed by atoms with Gasteiger partial charge < -0.3 is 19.7 Å². The molecule has 17 heavy (non-hydrogen) atoms. The first kappa shape index (κ1) is 11.3. The van der Waals surface area contributed by atoms with Crippen LogP contribution in [0.2, 0.25) is 0 Å². The van der Waals surface area contributed by atoms with Crippen molar-refractivity contribution in [3.05, 3.63) is 23.8 Å². The molecule has 0 saturated carbocycles. The van der Waals surface area contributed by atoms with E-state index < -0.39 is 0 Å². The van der Waals surface area contributed by atoms with Crippen LogP contribution in [0.15, 0.2) is 22.7 Å². The first-order valence-corrected chi connectivity index (χ1v) is 5.11. The highest BCUT2D eigenvalue weighted by molar-refractivity contribution is 5.72. The molecule has 1 heterocycles. The number of benzene rings is 1. The van der Waals surface area contributed by atoms with Crippen LogP contribution in [0.1, 0.15) is 5.56 Å². The van der Waals surface area contributed by atoms with Crippen LogP contribution < -0.4 is 15.2 Å². The van der Waals surface area contributed by atoms with E-state index in [0.29, 0.717) is 17.3 Å². The Morgan fingerprint density at radius 3 is 2.53 bits per heavy atom. The third-order valence-electron chi connectivity index (χ3n) is 2.61. The van der Waals surface area contributed by atoms with Crippen LogP contribution in [-0.2, 0) is 0 Å². The number of nitrogens with two attached hydrogens (primary N) is 1. The second-order valence-corrected chi connectivity index (χ2v) is 3.59. The summed E-state index contributed by atoms with van der Waals surface area (Å²) in [7, 11) is 3.20. The molecule has 1 aromatic heterocycles. The number of methoxy groups -OCH3 is 2. The van der Waals surface area contributed by atoms with Crippen molar-refractivity contribution in [3.63, 3.8) is 0 Å². The van der Waals surface area contributed by atoms with Gasteiger partial charge in [0.1, 0.15) is 11.5 Å². The number of anilines is 1. The molecule has 0 aliphatic heterocycles. The van der Waals surface area contributed by atoms with Gasteiger partial charge in [0.15, 0.2) is 11.6 Å². The second kappa shape index (κ2) is 4.37. The van der Waals surface area contributed by atoms with Gasteiger partial charge in [-0.05, 0) is 25.1 Å². The van der Waals surface area contributed by atoms with E-state index in [9.17, 15) is 0 Å². The molecular formula is C12H14N2O3. The van der Waals surface area contributed by atoms with Gasteiger partial charge in [-0.15, -0.1) is 0 Å². The normalized spacial score (nSPS) is 10.3. The fourth-order valence-corrected chi connectivity index (χ4v) is 1.59. The average molecular weight is 234 g/mol. The Morgan fingerprint density at radius 2 is 2.00 bits per heavy atom. The Balaban J connectivity index is 2.60. The van der Waals surface area contributed by atoms with Crippen molar-refractivity contribution in [3.8, 4) is 22.8 Å². The van der Waals surface area contributed by atoms with Crippen molar-refractivity contribution in [2.75, 3.05) is 20.0 Å². The molecule has 0 bridgehead atoms. The van der Waals surface area contributed by atoms with Crippen LogP contribution in [0.4, 0.5) is 5.82 Å². The first-order chi connectivity index (χ1) is 8.17. The van der Waals surface area contributed by atoms with E-state index in [-0.39, 0.29) is 0 Å². The number of hydrogen-bond acceptors (Lipinski definition) is 5. The summed E-state index contributed by atoms with van der Waals surface area (Å²) < 4.78 is 15.7. The van der Waals surface area contributed by atoms with Gasteiger partial charge in [0, 0.05) is 5.56 Å². The summed E-state index contributed by atoms with van der Waals surface area (Å²) in [5.74, 6) is 2.38. The van der Waals surface area contributed by atoms with Gasteiger partial charge in [-0.3, -0.25) is 0 Å². The molecule has 5 heteroatoms. The molecule has 2 N–H and O–H groups in total. The number of hydrogen-bond donors (Lipinski definition) is 1. The molecule has 2 rings (SSSR count). The van der Waals surface area contributed by atoms with Gasteiger partial charge in [0.25, 0.3) is 0 Å². The lowest BCUT2D eigenvalue weighted by Gasteiger charge is -2.08. The van der Waals surface area contributed by atoms with Crippen molar-refractivity contribution in [2.24, 2.45) is 0 Å². The zero-order valence-electron chi connectivity index (χ0n) is 9.98. The third-order valence-corrected chi connectivity index (χ3v) is 2.61. The molecule has 0 radical (unpaired) electrons. The number of nitrogens with zero attached hydrogens (tertiary/aromatic N) is 1. The average Bonchev–Trinajstić information content (AvgIpc) is 2.69. The standard InChI is InChI=1S/C12H14N2O3/c1-7-11(17-14-12(7)13)9-6-8(15-2)4-5-10(9)16-3/h4-6H,1-3H3,(H2,13,14). The fraction of sp³-hybridized carbons (Fsp3) is 0.250. The Hall–Kier alpha value is -2.17. The van der Waals surface area contributed by atoms with Gasteiger partial charge in [0.05, 0.1) is 19.8 Å². The number of aromatic nitrogens is 1. The molecule has 5 nitrogen and oxygen atoms in total. The molecule has 1 aromatic carbocycles. The van der Waals surface area contributed by atoms with Gasteiger partial charge in [-0.1, -0.05) is 5.16 Å². The Kier molecular flexibility index (Phi) is 2.91. The van der Waals surface area contributed by atoms with E-state index in [1.165, 1.54) is 0 Å². The quantitative estimate of drug-likeness (QED) is 0.881. The molecule has 0 saturated heterocycles. The molecule has 0 aliphatic rings.